The van der Waals surface area contributed by atoms with E-state index in [4.69, 9.17) is 11.0 Å². The van der Waals surface area contributed by atoms with Gasteiger partial charge in [-0.3, -0.25) is 10.1 Å². The van der Waals surface area contributed by atoms with Crippen molar-refractivity contribution in [1.82, 2.24) is 25.8 Å². The van der Waals surface area contributed by atoms with Crippen molar-refractivity contribution in [3.05, 3.63) is 41.3 Å². The maximum Gasteiger partial charge on any atom is 0.315 e. The van der Waals surface area contributed by atoms with Crippen LogP contribution >= 0.6 is 0 Å². The molecule has 8 heteroatoms. The number of nitriles is 1. The maximum atomic E-state index is 11.8. The molecular formula is C15H19N7O. The number of urea groups is 1. The summed E-state index contributed by atoms with van der Waals surface area (Å²) in [5, 5.41) is 21.1. The number of nitrogens with two attached hydrogens (primary N) is 1. The fourth-order valence-electron chi connectivity index (χ4n) is 2.12. The monoisotopic (exact) mass is 313 g/mol. The second-order valence-corrected chi connectivity index (χ2v) is 5.05. The van der Waals surface area contributed by atoms with Crippen LogP contribution in [0.2, 0.25) is 0 Å². The Kier molecular flexibility index (Phi) is 5.52. The summed E-state index contributed by atoms with van der Waals surface area (Å²) >= 11 is 0. The number of aromatic amines is 1. The lowest BCUT2D eigenvalue weighted by molar-refractivity contribution is 0.237. The Hall–Kier alpha value is -3.08. The third-order valence-corrected chi connectivity index (χ3v) is 3.35. The normalized spacial score (nSPS) is 11.5. The number of nitrogen functional groups attached to an aromatic ring is 1. The van der Waals surface area contributed by atoms with E-state index in [1.165, 1.54) is 0 Å². The van der Waals surface area contributed by atoms with Crippen LogP contribution in [0.15, 0.2) is 24.4 Å². The Morgan fingerprint density at radius 3 is 3.04 bits per heavy atom. The van der Waals surface area contributed by atoms with Gasteiger partial charge in [0.05, 0.1) is 17.4 Å². The van der Waals surface area contributed by atoms with Gasteiger partial charge in [-0.05, 0) is 31.9 Å². The molecule has 1 atom stereocenters. The molecule has 2 heterocycles. The van der Waals surface area contributed by atoms with E-state index in [1.54, 1.807) is 6.20 Å². The number of hydrogen-bond acceptors (Lipinski definition) is 5. The Morgan fingerprint density at radius 1 is 1.52 bits per heavy atom. The van der Waals surface area contributed by atoms with E-state index < -0.39 is 0 Å². The first kappa shape index (κ1) is 16.3. The van der Waals surface area contributed by atoms with E-state index in [2.05, 4.69) is 25.8 Å². The summed E-state index contributed by atoms with van der Waals surface area (Å²) in [5.74, 6) is 0.206. The zero-order valence-electron chi connectivity index (χ0n) is 12.8. The molecule has 0 aliphatic rings. The fraction of sp³-hybridized carbons (Fsp3) is 0.333. The molecule has 0 aliphatic heterocycles. The maximum absolute atomic E-state index is 11.8. The lowest BCUT2D eigenvalue weighted by Gasteiger charge is -2.14. The minimum Gasteiger partial charge on any atom is -0.381 e. The predicted molar refractivity (Wildman–Crippen MR) is 85.2 cm³/mol. The molecule has 0 saturated carbocycles. The standard InChI is InChI=1S/C15H19N7O/c1-10(12-5-2-3-7-18-12)20-15(23)19-8-4-6-13-11(9-16)14(17)22-21-13/h2-3,5,7,10H,4,6,8H2,1H3,(H3,17,21,22)(H2,19,20,23). The molecule has 1 unspecified atom stereocenters. The number of nitrogens with zero attached hydrogens (tertiary/aromatic N) is 3. The highest BCUT2D eigenvalue weighted by atomic mass is 16.2. The number of pyridine rings is 1. The van der Waals surface area contributed by atoms with E-state index in [0.717, 1.165) is 5.69 Å². The van der Waals surface area contributed by atoms with Gasteiger partial charge < -0.3 is 16.4 Å². The van der Waals surface area contributed by atoms with Crippen LogP contribution in [0, 0.1) is 11.3 Å². The van der Waals surface area contributed by atoms with E-state index in [-0.39, 0.29) is 17.9 Å². The summed E-state index contributed by atoms with van der Waals surface area (Å²) in [6.45, 7) is 2.35. The molecule has 2 amide bonds. The van der Waals surface area contributed by atoms with Crippen molar-refractivity contribution in [2.45, 2.75) is 25.8 Å². The first-order chi connectivity index (χ1) is 11.1. The van der Waals surface area contributed by atoms with Gasteiger partial charge in [-0.25, -0.2) is 4.79 Å². The second-order valence-electron chi connectivity index (χ2n) is 5.05. The molecule has 0 spiro atoms. The Balaban J connectivity index is 1.72. The molecular weight excluding hydrogens is 294 g/mol. The van der Waals surface area contributed by atoms with Gasteiger partial charge in [0.15, 0.2) is 5.82 Å². The second kappa shape index (κ2) is 7.79. The quantitative estimate of drug-likeness (QED) is 0.596. The highest BCUT2D eigenvalue weighted by molar-refractivity contribution is 5.74. The van der Waals surface area contributed by atoms with Crippen molar-refractivity contribution in [2.24, 2.45) is 0 Å². The largest absolute Gasteiger partial charge is 0.381 e. The SMILES string of the molecule is CC(NC(=O)NCCCc1[nH]nc(N)c1C#N)c1ccccn1. The number of carbonyl (C=O) groups is 1. The lowest BCUT2D eigenvalue weighted by Crippen LogP contribution is -2.37. The summed E-state index contributed by atoms with van der Waals surface area (Å²) in [5.41, 5.74) is 7.43. The average molecular weight is 313 g/mol. The highest BCUT2D eigenvalue weighted by Gasteiger charge is 2.11. The van der Waals surface area contributed by atoms with Crippen LogP contribution in [0.4, 0.5) is 10.6 Å². The third-order valence-electron chi connectivity index (χ3n) is 3.35. The molecule has 0 aromatic carbocycles. The number of H-pyrrole nitrogens is 1. The first-order valence-electron chi connectivity index (χ1n) is 7.30. The molecule has 0 aliphatic carbocycles. The van der Waals surface area contributed by atoms with Gasteiger partial charge in [-0.2, -0.15) is 10.4 Å². The minimum absolute atomic E-state index is 0.172. The summed E-state index contributed by atoms with van der Waals surface area (Å²) in [4.78, 5) is 16.0. The number of anilines is 1. The summed E-state index contributed by atoms with van der Waals surface area (Å²) in [7, 11) is 0. The highest BCUT2D eigenvalue weighted by Crippen LogP contribution is 2.13. The molecule has 23 heavy (non-hydrogen) atoms. The first-order valence-corrected chi connectivity index (χ1v) is 7.30. The fourth-order valence-corrected chi connectivity index (χ4v) is 2.12. The van der Waals surface area contributed by atoms with Crippen LogP contribution < -0.4 is 16.4 Å². The molecule has 5 N–H and O–H groups in total. The summed E-state index contributed by atoms with van der Waals surface area (Å²) in [6.07, 6.45) is 2.94. The Bertz CT molecular complexity index is 690. The molecule has 0 saturated heterocycles. The zero-order valence-corrected chi connectivity index (χ0v) is 12.8. The van der Waals surface area contributed by atoms with Gasteiger partial charge in [0.1, 0.15) is 11.6 Å². The van der Waals surface area contributed by atoms with E-state index in [9.17, 15) is 4.79 Å². The number of amides is 2. The number of aromatic nitrogens is 3. The van der Waals surface area contributed by atoms with Crippen LogP contribution in [0.3, 0.4) is 0 Å². The van der Waals surface area contributed by atoms with Crippen molar-refractivity contribution in [1.29, 1.82) is 5.26 Å². The van der Waals surface area contributed by atoms with Gasteiger partial charge in [0.2, 0.25) is 0 Å². The van der Waals surface area contributed by atoms with Crippen molar-refractivity contribution in [2.75, 3.05) is 12.3 Å². The van der Waals surface area contributed by atoms with Crippen LogP contribution in [0.25, 0.3) is 0 Å². The van der Waals surface area contributed by atoms with Gasteiger partial charge in [0, 0.05) is 12.7 Å². The van der Waals surface area contributed by atoms with Crippen LogP contribution in [-0.4, -0.2) is 27.8 Å². The van der Waals surface area contributed by atoms with E-state index in [0.29, 0.717) is 30.6 Å². The van der Waals surface area contributed by atoms with Crippen LogP contribution in [0.1, 0.15) is 36.3 Å². The third kappa shape index (κ3) is 4.44. The number of aryl methyl sites for hydroxylation is 1. The summed E-state index contributed by atoms with van der Waals surface area (Å²) < 4.78 is 0. The van der Waals surface area contributed by atoms with E-state index >= 15 is 0 Å². The van der Waals surface area contributed by atoms with E-state index in [1.807, 2.05) is 31.2 Å². The number of rotatable bonds is 6. The molecule has 8 nitrogen and oxygen atoms in total. The number of hydrogen-bond donors (Lipinski definition) is 4. The lowest BCUT2D eigenvalue weighted by atomic mass is 10.1. The van der Waals surface area contributed by atoms with Gasteiger partial charge >= 0.3 is 6.03 Å². The molecule has 0 radical (unpaired) electrons. The predicted octanol–water partition coefficient (Wildman–Crippen LogP) is 1.25. The molecule has 2 aromatic heterocycles. The average Bonchev–Trinajstić information content (AvgIpc) is 2.92. The van der Waals surface area contributed by atoms with Crippen molar-refractivity contribution >= 4 is 11.8 Å². The van der Waals surface area contributed by atoms with Crippen LogP contribution in [-0.2, 0) is 6.42 Å². The number of carbonyl (C=O) groups excluding carboxylic acids is 1. The van der Waals surface area contributed by atoms with Gasteiger partial charge in [-0.1, -0.05) is 6.07 Å². The molecule has 120 valence electrons. The van der Waals surface area contributed by atoms with Gasteiger partial charge in [-0.15, -0.1) is 0 Å². The van der Waals surface area contributed by atoms with Gasteiger partial charge in [0.25, 0.3) is 0 Å². The molecule has 0 fully saturated rings. The Morgan fingerprint density at radius 2 is 2.35 bits per heavy atom. The molecule has 2 aromatic rings. The summed E-state index contributed by atoms with van der Waals surface area (Å²) in [6, 6.07) is 7.15. The Labute approximate surface area is 134 Å². The van der Waals surface area contributed by atoms with Crippen molar-refractivity contribution < 1.29 is 4.79 Å². The van der Waals surface area contributed by atoms with Crippen molar-refractivity contribution in [3.63, 3.8) is 0 Å². The minimum atomic E-state index is -0.257. The van der Waals surface area contributed by atoms with Crippen LogP contribution in [0.5, 0.6) is 0 Å². The smallest absolute Gasteiger partial charge is 0.315 e. The molecule has 0 bridgehead atoms. The number of nitrogens with one attached hydrogen (secondary N) is 3. The molecule has 2 rings (SSSR count). The topological polar surface area (TPSA) is 133 Å². The van der Waals surface area contributed by atoms with Crippen molar-refractivity contribution in [3.8, 4) is 6.07 Å². The zero-order chi connectivity index (χ0) is 16.7.